The molecule has 0 atom stereocenters. The molecule has 17 heavy (non-hydrogen) atoms. The van der Waals surface area contributed by atoms with Gasteiger partial charge >= 0.3 is 5.97 Å². The first-order valence-corrected chi connectivity index (χ1v) is 5.83. The largest absolute Gasteiger partial charge is 0.454 e. The van der Waals surface area contributed by atoms with Gasteiger partial charge in [-0.25, -0.2) is 14.8 Å². The zero-order chi connectivity index (χ0) is 12.3. The molecule has 0 aliphatic heterocycles. The molecule has 2 heterocycles. The number of nitrogens with zero attached hydrogens (tertiary/aromatic N) is 2. The number of aromatic nitrogens is 2. The Morgan fingerprint density at radius 2 is 2.35 bits per heavy atom. The van der Waals surface area contributed by atoms with Gasteiger partial charge in [-0.3, -0.25) is 0 Å². The Balaban J connectivity index is 1.95. The van der Waals surface area contributed by atoms with Crippen LogP contribution in [0.1, 0.15) is 21.2 Å². The van der Waals surface area contributed by atoms with Gasteiger partial charge in [0.15, 0.2) is 0 Å². The number of hydrogen-bond donors (Lipinski definition) is 1. The van der Waals surface area contributed by atoms with Crippen LogP contribution in [0.25, 0.3) is 0 Å². The van der Waals surface area contributed by atoms with Gasteiger partial charge in [-0.05, 0) is 19.1 Å². The molecule has 2 N–H and O–H groups in total. The lowest BCUT2D eigenvalue weighted by molar-refractivity contribution is 0.0465. The molecule has 2 aromatic rings. The summed E-state index contributed by atoms with van der Waals surface area (Å²) in [6.45, 7) is 2.06. The van der Waals surface area contributed by atoms with Crippen LogP contribution in [-0.2, 0) is 11.3 Å². The number of nitrogen functional groups attached to an aromatic ring is 1. The molecule has 2 aromatic heterocycles. The average Bonchev–Trinajstić information content (AvgIpc) is 2.73. The fourth-order valence-corrected chi connectivity index (χ4v) is 1.88. The number of nitrogens with two attached hydrogens (primary N) is 1. The number of esters is 1. The van der Waals surface area contributed by atoms with E-state index in [1.54, 1.807) is 6.07 Å². The summed E-state index contributed by atoms with van der Waals surface area (Å²) in [4.78, 5) is 19.7. The van der Waals surface area contributed by atoms with E-state index in [-0.39, 0.29) is 12.3 Å². The Hall–Kier alpha value is -1.95. The van der Waals surface area contributed by atoms with E-state index in [1.165, 1.54) is 23.6 Å². The van der Waals surface area contributed by atoms with Crippen LogP contribution < -0.4 is 5.73 Å². The molecule has 2 rings (SSSR count). The van der Waals surface area contributed by atoms with Gasteiger partial charge in [-0.15, -0.1) is 11.3 Å². The van der Waals surface area contributed by atoms with E-state index in [4.69, 9.17) is 10.5 Å². The van der Waals surface area contributed by atoms with E-state index in [9.17, 15) is 4.79 Å². The van der Waals surface area contributed by atoms with Crippen molar-refractivity contribution in [1.29, 1.82) is 0 Å². The summed E-state index contributed by atoms with van der Waals surface area (Å²) in [5.41, 5.74) is 7.15. The van der Waals surface area contributed by atoms with E-state index >= 15 is 0 Å². The fourth-order valence-electron chi connectivity index (χ4n) is 1.20. The van der Waals surface area contributed by atoms with Crippen LogP contribution in [0.2, 0.25) is 0 Å². The van der Waals surface area contributed by atoms with Crippen molar-refractivity contribution in [2.75, 3.05) is 5.73 Å². The third kappa shape index (κ3) is 3.01. The molecule has 0 unspecified atom stereocenters. The number of carbonyl (C=O) groups is 1. The van der Waals surface area contributed by atoms with Crippen LogP contribution in [0, 0.1) is 6.92 Å². The SMILES string of the molecule is Cc1csc(COC(=O)c2ccc(N)cn2)n1. The van der Waals surface area contributed by atoms with Crippen molar-refractivity contribution in [1.82, 2.24) is 9.97 Å². The first kappa shape index (κ1) is 11.5. The molecule has 0 aliphatic carbocycles. The maximum absolute atomic E-state index is 11.6. The number of pyridine rings is 1. The number of thiazole rings is 1. The first-order valence-electron chi connectivity index (χ1n) is 4.95. The number of aryl methyl sites for hydroxylation is 1. The van der Waals surface area contributed by atoms with Crippen LogP contribution in [0.4, 0.5) is 5.69 Å². The molecule has 0 aromatic carbocycles. The summed E-state index contributed by atoms with van der Waals surface area (Å²) >= 11 is 1.46. The van der Waals surface area contributed by atoms with E-state index in [0.29, 0.717) is 5.69 Å². The Bertz CT molecular complexity index is 522. The maximum atomic E-state index is 11.6. The van der Waals surface area contributed by atoms with Gasteiger partial charge in [-0.1, -0.05) is 0 Å². The van der Waals surface area contributed by atoms with Crippen LogP contribution >= 0.6 is 11.3 Å². The third-order valence-electron chi connectivity index (χ3n) is 1.99. The lowest BCUT2D eigenvalue weighted by atomic mass is 10.3. The summed E-state index contributed by atoms with van der Waals surface area (Å²) in [6, 6.07) is 3.14. The number of carbonyl (C=O) groups excluding carboxylic acids is 1. The smallest absolute Gasteiger partial charge is 0.357 e. The molecule has 6 heteroatoms. The van der Waals surface area contributed by atoms with Crippen LogP contribution in [0.15, 0.2) is 23.7 Å². The van der Waals surface area contributed by atoms with Crippen molar-refractivity contribution in [3.63, 3.8) is 0 Å². The summed E-state index contributed by atoms with van der Waals surface area (Å²) in [6.07, 6.45) is 1.42. The van der Waals surface area contributed by atoms with Crippen molar-refractivity contribution in [2.45, 2.75) is 13.5 Å². The van der Waals surface area contributed by atoms with Crippen molar-refractivity contribution in [3.05, 3.63) is 40.1 Å². The summed E-state index contributed by atoms with van der Waals surface area (Å²) in [5.74, 6) is -0.474. The van der Waals surface area contributed by atoms with E-state index < -0.39 is 5.97 Å². The molecule has 0 radical (unpaired) electrons. The molecule has 0 spiro atoms. The molecule has 0 bridgehead atoms. The maximum Gasteiger partial charge on any atom is 0.357 e. The second kappa shape index (κ2) is 4.92. The molecule has 0 aliphatic rings. The Morgan fingerprint density at radius 3 is 2.94 bits per heavy atom. The van der Waals surface area contributed by atoms with E-state index in [0.717, 1.165) is 10.7 Å². The highest BCUT2D eigenvalue weighted by Gasteiger charge is 2.09. The molecule has 0 saturated carbocycles. The predicted molar refractivity (Wildman–Crippen MR) is 64.6 cm³/mol. The number of anilines is 1. The quantitative estimate of drug-likeness (QED) is 0.839. The Kier molecular flexibility index (Phi) is 3.34. The predicted octanol–water partition coefficient (Wildman–Crippen LogP) is 1.79. The van der Waals surface area contributed by atoms with Crippen LogP contribution in [0.3, 0.4) is 0 Å². The van der Waals surface area contributed by atoms with Gasteiger partial charge in [0.2, 0.25) is 0 Å². The summed E-state index contributed by atoms with van der Waals surface area (Å²) in [7, 11) is 0. The zero-order valence-electron chi connectivity index (χ0n) is 9.21. The zero-order valence-corrected chi connectivity index (χ0v) is 10.0. The highest BCUT2D eigenvalue weighted by molar-refractivity contribution is 7.09. The first-order chi connectivity index (χ1) is 8.15. The van der Waals surface area contributed by atoms with E-state index in [2.05, 4.69) is 9.97 Å². The highest BCUT2D eigenvalue weighted by Crippen LogP contribution is 2.11. The monoisotopic (exact) mass is 249 g/mol. The number of hydrogen-bond acceptors (Lipinski definition) is 6. The van der Waals surface area contributed by atoms with Crippen molar-refractivity contribution >= 4 is 23.0 Å². The summed E-state index contributed by atoms with van der Waals surface area (Å²) < 4.78 is 5.07. The minimum absolute atomic E-state index is 0.170. The topological polar surface area (TPSA) is 78.1 Å². The lowest BCUT2D eigenvalue weighted by Gasteiger charge is -2.01. The highest BCUT2D eigenvalue weighted by atomic mass is 32.1. The van der Waals surface area contributed by atoms with Crippen LogP contribution in [0.5, 0.6) is 0 Å². The minimum Gasteiger partial charge on any atom is -0.454 e. The molecule has 0 amide bonds. The van der Waals surface area contributed by atoms with Crippen molar-refractivity contribution in [3.8, 4) is 0 Å². The van der Waals surface area contributed by atoms with E-state index in [1.807, 2.05) is 12.3 Å². The summed E-state index contributed by atoms with van der Waals surface area (Å²) in [5, 5.41) is 2.68. The van der Waals surface area contributed by atoms with Gasteiger partial charge in [0.05, 0.1) is 11.9 Å². The standard InChI is InChI=1S/C11H11N3O2S/c1-7-6-17-10(14-7)5-16-11(15)9-3-2-8(12)4-13-9/h2-4,6H,5,12H2,1H3. The Labute approximate surface area is 102 Å². The molecule has 88 valence electrons. The third-order valence-corrected chi connectivity index (χ3v) is 2.93. The number of ether oxygens (including phenoxy) is 1. The van der Waals surface area contributed by atoms with Gasteiger partial charge in [-0.2, -0.15) is 0 Å². The molecular formula is C11H11N3O2S. The second-order valence-electron chi connectivity index (χ2n) is 3.44. The fraction of sp³-hybridized carbons (Fsp3) is 0.182. The van der Waals surface area contributed by atoms with Gasteiger partial charge < -0.3 is 10.5 Å². The number of rotatable bonds is 3. The van der Waals surface area contributed by atoms with Gasteiger partial charge in [0.1, 0.15) is 17.3 Å². The van der Waals surface area contributed by atoms with Gasteiger partial charge in [0, 0.05) is 11.1 Å². The second-order valence-corrected chi connectivity index (χ2v) is 4.38. The molecule has 5 nitrogen and oxygen atoms in total. The van der Waals surface area contributed by atoms with Crippen LogP contribution in [-0.4, -0.2) is 15.9 Å². The molecular weight excluding hydrogens is 238 g/mol. The Morgan fingerprint density at radius 1 is 1.53 bits per heavy atom. The van der Waals surface area contributed by atoms with Crippen molar-refractivity contribution in [2.24, 2.45) is 0 Å². The van der Waals surface area contributed by atoms with Gasteiger partial charge in [0.25, 0.3) is 0 Å². The lowest BCUT2D eigenvalue weighted by Crippen LogP contribution is -2.07. The molecule has 0 fully saturated rings. The minimum atomic E-state index is -0.474. The normalized spacial score (nSPS) is 10.2. The van der Waals surface area contributed by atoms with Crippen molar-refractivity contribution < 1.29 is 9.53 Å². The average molecular weight is 249 g/mol. The molecule has 0 saturated heterocycles.